The summed E-state index contributed by atoms with van der Waals surface area (Å²) in [6.45, 7) is 31.8. The Morgan fingerprint density at radius 2 is 0.709 bits per heavy atom. The smallest absolute Gasteiger partial charge is 0.0580 e. The minimum Gasteiger partial charge on any atom is -0.381 e. The number of hydrogen-bond acceptors (Lipinski definition) is 7. The Hall–Kier alpha value is -0.280. The molecular formula is C48H96O7. The first kappa shape index (κ1) is 52.7. The van der Waals surface area contributed by atoms with Crippen molar-refractivity contribution in [3.05, 3.63) is 0 Å². The van der Waals surface area contributed by atoms with Crippen molar-refractivity contribution < 1.29 is 33.2 Å². The standard InChI is InChI=1S/C10H20O.C9H18O.C8H16O2.C8H16O.C7H14O.C6H12O/c1-9(2)11-8-7-10-5-3-4-6-10;1-8(2)10-7-9-5-3-4-6-9;1-7(2)10-4-3-8-5-9-6-8;1-7(2)9-6-8-4-3-5-8;1-6(2)8-5-7-3-4-7;1-5(2)7-6-3-4-6/h9-10H,3-8H2,1-2H3;8-9H,3-7H2,1-2H3;7-8H,3-6H2,1-2H3;7-8H,3-6H2,1-2H3;6-7H,3-5H2,1-2H3;5-6H,3-4H2,1-2H3. The van der Waals surface area contributed by atoms with E-state index in [4.69, 9.17) is 33.2 Å². The lowest BCUT2D eigenvalue weighted by molar-refractivity contribution is -0.0511. The minimum absolute atomic E-state index is 0.376. The van der Waals surface area contributed by atoms with Crippen molar-refractivity contribution >= 4 is 0 Å². The molecule has 330 valence electrons. The van der Waals surface area contributed by atoms with Crippen LogP contribution in [0.4, 0.5) is 0 Å². The summed E-state index contributed by atoms with van der Waals surface area (Å²) in [7, 11) is 0. The molecule has 7 heteroatoms. The normalized spacial score (nSPS) is 20.2. The molecule has 55 heavy (non-hydrogen) atoms. The fraction of sp³-hybridized carbons (Fsp3) is 1.00. The lowest BCUT2D eigenvalue weighted by atomic mass is 9.86. The zero-order valence-corrected chi connectivity index (χ0v) is 38.8. The van der Waals surface area contributed by atoms with Crippen LogP contribution in [0.15, 0.2) is 0 Å². The molecule has 6 aliphatic rings. The summed E-state index contributed by atoms with van der Waals surface area (Å²) in [5.74, 6) is 4.44. The van der Waals surface area contributed by atoms with E-state index in [0.29, 0.717) is 42.7 Å². The Kier molecular flexibility index (Phi) is 32.2. The topological polar surface area (TPSA) is 64.6 Å². The molecule has 0 radical (unpaired) electrons. The van der Waals surface area contributed by atoms with Crippen LogP contribution in [0.3, 0.4) is 0 Å². The van der Waals surface area contributed by atoms with Crippen molar-refractivity contribution in [3.63, 3.8) is 0 Å². The maximum Gasteiger partial charge on any atom is 0.0580 e. The molecule has 5 saturated carbocycles. The molecular weight excluding hydrogens is 689 g/mol. The third-order valence-electron chi connectivity index (χ3n) is 10.5. The molecule has 0 bridgehead atoms. The van der Waals surface area contributed by atoms with Crippen molar-refractivity contribution in [3.8, 4) is 0 Å². The summed E-state index contributed by atoms with van der Waals surface area (Å²) in [5.41, 5.74) is 0. The molecule has 0 spiro atoms. The van der Waals surface area contributed by atoms with Gasteiger partial charge in [-0.25, -0.2) is 0 Å². The summed E-state index contributed by atoms with van der Waals surface area (Å²) in [4.78, 5) is 0. The molecule has 0 unspecified atom stereocenters. The van der Waals surface area contributed by atoms with E-state index in [2.05, 4.69) is 83.1 Å². The Bertz CT molecular complexity index is 801. The lowest BCUT2D eigenvalue weighted by Gasteiger charge is -2.25. The second-order valence-corrected chi connectivity index (χ2v) is 18.9. The Morgan fingerprint density at radius 1 is 0.364 bits per heavy atom. The van der Waals surface area contributed by atoms with Crippen molar-refractivity contribution in [1.82, 2.24) is 0 Å². The highest BCUT2D eigenvalue weighted by Crippen LogP contribution is 2.29. The molecule has 0 aromatic heterocycles. The van der Waals surface area contributed by atoms with Gasteiger partial charge in [-0.1, -0.05) is 44.9 Å². The van der Waals surface area contributed by atoms with Gasteiger partial charge in [-0.05, 0) is 171 Å². The first-order chi connectivity index (χ1) is 26.2. The second-order valence-electron chi connectivity index (χ2n) is 18.9. The van der Waals surface area contributed by atoms with Crippen LogP contribution in [-0.4, -0.2) is 89.0 Å². The van der Waals surface area contributed by atoms with Crippen LogP contribution in [0, 0.1) is 29.6 Å². The van der Waals surface area contributed by atoms with Crippen LogP contribution in [0.1, 0.15) is 192 Å². The summed E-state index contributed by atoms with van der Waals surface area (Å²) >= 11 is 0. The van der Waals surface area contributed by atoms with Gasteiger partial charge < -0.3 is 33.2 Å². The van der Waals surface area contributed by atoms with Gasteiger partial charge in [-0.2, -0.15) is 0 Å². The highest BCUT2D eigenvalue weighted by molar-refractivity contribution is 4.74. The van der Waals surface area contributed by atoms with Gasteiger partial charge >= 0.3 is 0 Å². The predicted molar refractivity (Wildman–Crippen MR) is 232 cm³/mol. The van der Waals surface area contributed by atoms with Crippen molar-refractivity contribution in [2.75, 3.05) is 46.2 Å². The summed E-state index contributed by atoms with van der Waals surface area (Å²) < 4.78 is 37.6. The van der Waals surface area contributed by atoms with Gasteiger partial charge in [-0.3, -0.25) is 0 Å². The predicted octanol–water partition coefficient (Wildman–Crippen LogP) is 12.6. The third-order valence-corrected chi connectivity index (χ3v) is 10.5. The summed E-state index contributed by atoms with van der Waals surface area (Å²) in [6, 6.07) is 0. The summed E-state index contributed by atoms with van der Waals surface area (Å²) in [6.07, 6.45) is 26.6. The van der Waals surface area contributed by atoms with Gasteiger partial charge in [0.1, 0.15) is 0 Å². The van der Waals surface area contributed by atoms with Crippen LogP contribution < -0.4 is 0 Å². The lowest BCUT2D eigenvalue weighted by Crippen LogP contribution is -2.28. The molecule has 0 N–H and O–H groups in total. The number of rotatable bonds is 19. The molecule has 5 aliphatic carbocycles. The molecule has 0 atom stereocenters. The van der Waals surface area contributed by atoms with Gasteiger partial charge in [-0.15, -0.1) is 0 Å². The second kappa shape index (κ2) is 33.5. The fourth-order valence-corrected chi connectivity index (χ4v) is 6.39. The van der Waals surface area contributed by atoms with E-state index in [9.17, 15) is 0 Å². The average Bonchev–Trinajstić information content (AvgIpc) is 3.95. The van der Waals surface area contributed by atoms with E-state index in [1.54, 1.807) is 0 Å². The van der Waals surface area contributed by atoms with E-state index in [1.165, 1.54) is 103 Å². The summed E-state index contributed by atoms with van der Waals surface area (Å²) in [5, 5.41) is 0. The zero-order chi connectivity index (χ0) is 40.8. The fourth-order valence-electron chi connectivity index (χ4n) is 6.39. The molecule has 1 heterocycles. The molecule has 1 aliphatic heterocycles. The van der Waals surface area contributed by atoms with Crippen LogP contribution in [0.2, 0.25) is 0 Å². The van der Waals surface area contributed by atoms with Crippen molar-refractivity contribution in [2.45, 2.75) is 235 Å². The molecule has 6 fully saturated rings. The molecule has 6 rings (SSSR count). The molecule has 1 saturated heterocycles. The van der Waals surface area contributed by atoms with Crippen molar-refractivity contribution in [2.24, 2.45) is 29.6 Å². The maximum absolute atomic E-state index is 5.53. The van der Waals surface area contributed by atoms with Crippen LogP contribution in [0.5, 0.6) is 0 Å². The SMILES string of the molecule is CC(C)OC1CC1.CC(C)OCC1CC1.CC(C)OCC1CCC1.CC(C)OCC1CCCC1.CC(C)OCCC1CCCC1.CC(C)OCCC1COC1. The molecule has 7 nitrogen and oxygen atoms in total. The highest BCUT2D eigenvalue weighted by atomic mass is 16.5. The maximum atomic E-state index is 5.53. The Morgan fingerprint density at radius 3 is 0.964 bits per heavy atom. The molecule has 0 aromatic rings. The van der Waals surface area contributed by atoms with Crippen LogP contribution in [-0.2, 0) is 33.2 Å². The monoisotopic (exact) mass is 785 g/mol. The Balaban J connectivity index is 0.000000332. The first-order valence-corrected chi connectivity index (χ1v) is 23.5. The molecule has 0 amide bonds. The van der Waals surface area contributed by atoms with Crippen LogP contribution in [0.25, 0.3) is 0 Å². The van der Waals surface area contributed by atoms with Gasteiger partial charge in [0.2, 0.25) is 0 Å². The quantitative estimate of drug-likeness (QED) is 0.129. The van der Waals surface area contributed by atoms with E-state index in [1.807, 2.05) is 0 Å². The molecule has 0 aromatic carbocycles. The first-order valence-electron chi connectivity index (χ1n) is 23.5. The minimum atomic E-state index is 0.376. The number of hydrogen-bond donors (Lipinski definition) is 0. The third kappa shape index (κ3) is 36.5. The Labute approximate surface area is 343 Å². The van der Waals surface area contributed by atoms with Gasteiger partial charge in [0, 0.05) is 39.0 Å². The average molecular weight is 785 g/mol. The van der Waals surface area contributed by atoms with Crippen molar-refractivity contribution in [1.29, 1.82) is 0 Å². The van der Waals surface area contributed by atoms with E-state index < -0.39 is 0 Å². The van der Waals surface area contributed by atoms with Crippen LogP contribution >= 0.6 is 0 Å². The highest BCUT2D eigenvalue weighted by Gasteiger charge is 2.23. The van der Waals surface area contributed by atoms with Gasteiger partial charge in [0.25, 0.3) is 0 Å². The van der Waals surface area contributed by atoms with Gasteiger partial charge in [0.15, 0.2) is 0 Å². The van der Waals surface area contributed by atoms with E-state index >= 15 is 0 Å². The van der Waals surface area contributed by atoms with E-state index in [0.717, 1.165) is 82.3 Å². The number of ether oxygens (including phenoxy) is 7. The largest absolute Gasteiger partial charge is 0.381 e. The zero-order valence-electron chi connectivity index (χ0n) is 38.8. The van der Waals surface area contributed by atoms with E-state index in [-0.39, 0.29) is 0 Å². The van der Waals surface area contributed by atoms with Gasteiger partial charge in [0.05, 0.1) is 55.9 Å².